The summed E-state index contributed by atoms with van der Waals surface area (Å²) >= 11 is 0. The van der Waals surface area contributed by atoms with E-state index in [1.165, 1.54) is 18.2 Å². The lowest BCUT2D eigenvalue weighted by molar-refractivity contribution is 0.0989. The third kappa shape index (κ3) is 3.92. The Morgan fingerprint density at radius 3 is 2.48 bits per heavy atom. The fraction of sp³-hybridized carbons (Fsp3) is 0.136. The molecule has 0 fully saturated rings. The molecule has 1 amide bonds. The van der Waals surface area contributed by atoms with Gasteiger partial charge in [0.15, 0.2) is 0 Å². The van der Waals surface area contributed by atoms with Gasteiger partial charge in [0.05, 0.1) is 0 Å². The molecule has 4 rings (SSSR count). The Balaban J connectivity index is 1.54. The second-order valence-corrected chi connectivity index (χ2v) is 8.53. The number of rotatable bonds is 5. The van der Waals surface area contributed by atoms with E-state index in [0.717, 1.165) is 23.7 Å². The SMILES string of the molecule is O=C(c1ccccc1)N1CCc2ccc(CNS(=O)(=O)c3ccccc3F)cc21. The van der Waals surface area contributed by atoms with Gasteiger partial charge in [0, 0.05) is 24.3 Å². The van der Waals surface area contributed by atoms with E-state index in [0.29, 0.717) is 17.7 Å². The Hall–Kier alpha value is -3.03. The van der Waals surface area contributed by atoms with Crippen LogP contribution in [-0.2, 0) is 23.0 Å². The molecule has 3 aromatic carbocycles. The molecule has 0 aliphatic carbocycles. The van der Waals surface area contributed by atoms with Gasteiger partial charge in [-0.3, -0.25) is 4.79 Å². The number of benzene rings is 3. The maximum Gasteiger partial charge on any atom is 0.258 e. The predicted octanol–water partition coefficient (Wildman–Crippen LogP) is 3.51. The molecule has 0 unspecified atom stereocenters. The second kappa shape index (κ2) is 7.77. The van der Waals surface area contributed by atoms with Gasteiger partial charge in [-0.05, 0) is 47.9 Å². The number of nitrogens with one attached hydrogen (secondary N) is 1. The van der Waals surface area contributed by atoms with E-state index in [4.69, 9.17) is 0 Å². The molecular weight excluding hydrogens is 391 g/mol. The Kier molecular flexibility index (Phi) is 5.17. The maximum atomic E-state index is 13.8. The molecule has 0 saturated heterocycles. The fourth-order valence-corrected chi connectivity index (χ4v) is 4.50. The first kappa shape index (κ1) is 19.3. The van der Waals surface area contributed by atoms with E-state index in [1.807, 2.05) is 36.4 Å². The van der Waals surface area contributed by atoms with Crippen molar-refractivity contribution in [2.24, 2.45) is 0 Å². The van der Waals surface area contributed by atoms with Crippen molar-refractivity contribution in [2.45, 2.75) is 17.9 Å². The summed E-state index contributed by atoms with van der Waals surface area (Å²) in [6.45, 7) is 0.574. The van der Waals surface area contributed by atoms with Crippen LogP contribution in [0.15, 0.2) is 77.7 Å². The van der Waals surface area contributed by atoms with Gasteiger partial charge >= 0.3 is 0 Å². The van der Waals surface area contributed by atoms with Gasteiger partial charge in [-0.25, -0.2) is 17.5 Å². The lowest BCUT2D eigenvalue weighted by Crippen LogP contribution is -2.29. The highest BCUT2D eigenvalue weighted by Crippen LogP contribution is 2.30. The number of fused-ring (bicyclic) bond motifs is 1. The molecule has 1 N–H and O–H groups in total. The first-order valence-corrected chi connectivity index (χ1v) is 10.7. The standard InChI is InChI=1S/C22H19FN2O3S/c23-19-8-4-5-9-21(19)29(27,28)24-15-16-10-11-17-12-13-25(20(17)14-16)22(26)18-6-2-1-3-7-18/h1-11,14,24H,12-13,15H2. The first-order valence-electron chi connectivity index (χ1n) is 9.18. The summed E-state index contributed by atoms with van der Waals surface area (Å²) in [5, 5.41) is 0. The summed E-state index contributed by atoms with van der Waals surface area (Å²) in [4.78, 5) is 14.2. The van der Waals surface area contributed by atoms with Gasteiger partial charge in [-0.2, -0.15) is 0 Å². The number of sulfonamides is 1. The molecule has 0 radical (unpaired) electrons. The Morgan fingerprint density at radius 2 is 1.72 bits per heavy atom. The lowest BCUT2D eigenvalue weighted by Gasteiger charge is -2.18. The molecule has 3 aromatic rings. The molecule has 1 aliphatic rings. The van der Waals surface area contributed by atoms with Crippen molar-refractivity contribution in [1.82, 2.24) is 4.72 Å². The molecule has 5 nitrogen and oxygen atoms in total. The van der Waals surface area contributed by atoms with Crippen LogP contribution in [0.4, 0.5) is 10.1 Å². The number of anilines is 1. The van der Waals surface area contributed by atoms with E-state index < -0.39 is 15.8 Å². The predicted molar refractivity (Wildman–Crippen MR) is 109 cm³/mol. The van der Waals surface area contributed by atoms with Crippen molar-refractivity contribution >= 4 is 21.6 Å². The Labute approximate surface area is 168 Å². The van der Waals surface area contributed by atoms with Gasteiger partial charge in [-0.15, -0.1) is 0 Å². The van der Waals surface area contributed by atoms with Crippen LogP contribution in [0.25, 0.3) is 0 Å². The summed E-state index contributed by atoms with van der Waals surface area (Å²) in [6, 6.07) is 19.8. The van der Waals surface area contributed by atoms with Crippen LogP contribution in [0.2, 0.25) is 0 Å². The van der Waals surface area contributed by atoms with Crippen molar-refractivity contribution < 1.29 is 17.6 Å². The minimum atomic E-state index is -3.98. The summed E-state index contributed by atoms with van der Waals surface area (Å²) in [5.74, 6) is -0.887. The molecule has 0 spiro atoms. The van der Waals surface area contributed by atoms with Crippen LogP contribution in [0, 0.1) is 5.82 Å². The summed E-state index contributed by atoms with van der Waals surface area (Å²) in [7, 11) is -3.98. The van der Waals surface area contributed by atoms with Crippen LogP contribution in [0.5, 0.6) is 0 Å². The van der Waals surface area contributed by atoms with Crippen LogP contribution in [0.1, 0.15) is 21.5 Å². The number of hydrogen-bond acceptors (Lipinski definition) is 3. The average molecular weight is 410 g/mol. The number of halogens is 1. The highest BCUT2D eigenvalue weighted by molar-refractivity contribution is 7.89. The van der Waals surface area contributed by atoms with Gasteiger partial charge in [-0.1, -0.05) is 42.5 Å². The number of carbonyl (C=O) groups excluding carboxylic acids is 1. The third-order valence-corrected chi connectivity index (χ3v) is 6.34. The van der Waals surface area contributed by atoms with Gasteiger partial charge < -0.3 is 4.90 Å². The van der Waals surface area contributed by atoms with E-state index >= 15 is 0 Å². The van der Waals surface area contributed by atoms with Crippen molar-refractivity contribution in [3.8, 4) is 0 Å². The Bertz CT molecular complexity index is 1160. The zero-order valence-corrected chi connectivity index (χ0v) is 16.3. The normalized spacial score (nSPS) is 13.3. The second-order valence-electron chi connectivity index (χ2n) is 6.79. The molecule has 29 heavy (non-hydrogen) atoms. The van der Waals surface area contributed by atoms with E-state index in [-0.39, 0.29) is 17.3 Å². The van der Waals surface area contributed by atoms with Crippen LogP contribution < -0.4 is 9.62 Å². The number of carbonyl (C=O) groups is 1. The van der Waals surface area contributed by atoms with Crippen molar-refractivity contribution in [1.29, 1.82) is 0 Å². The van der Waals surface area contributed by atoms with Crippen molar-refractivity contribution in [3.63, 3.8) is 0 Å². The van der Waals surface area contributed by atoms with E-state index in [9.17, 15) is 17.6 Å². The first-order chi connectivity index (χ1) is 14.0. The average Bonchev–Trinajstić information content (AvgIpc) is 3.16. The molecule has 1 heterocycles. The minimum Gasteiger partial charge on any atom is -0.308 e. The quantitative estimate of drug-likeness (QED) is 0.700. The van der Waals surface area contributed by atoms with Crippen LogP contribution >= 0.6 is 0 Å². The summed E-state index contributed by atoms with van der Waals surface area (Å²) < 4.78 is 41.1. The highest BCUT2D eigenvalue weighted by Gasteiger charge is 2.26. The van der Waals surface area contributed by atoms with E-state index in [2.05, 4.69) is 4.72 Å². The summed E-state index contributed by atoms with van der Waals surface area (Å²) in [6.07, 6.45) is 0.745. The maximum absolute atomic E-state index is 13.8. The van der Waals surface area contributed by atoms with Crippen LogP contribution in [0.3, 0.4) is 0 Å². The topological polar surface area (TPSA) is 66.5 Å². The van der Waals surface area contributed by atoms with Crippen LogP contribution in [-0.4, -0.2) is 20.9 Å². The monoisotopic (exact) mass is 410 g/mol. The highest BCUT2D eigenvalue weighted by atomic mass is 32.2. The zero-order chi connectivity index (χ0) is 20.4. The lowest BCUT2D eigenvalue weighted by atomic mass is 10.1. The smallest absolute Gasteiger partial charge is 0.258 e. The molecule has 0 atom stereocenters. The molecule has 148 valence electrons. The minimum absolute atomic E-state index is 0.00266. The number of nitrogens with zero attached hydrogens (tertiary/aromatic N) is 1. The van der Waals surface area contributed by atoms with Gasteiger partial charge in [0.1, 0.15) is 10.7 Å². The summed E-state index contributed by atoms with van der Waals surface area (Å²) in [5.41, 5.74) is 3.11. The van der Waals surface area contributed by atoms with Crippen molar-refractivity contribution in [2.75, 3.05) is 11.4 Å². The molecule has 0 saturated carbocycles. The Morgan fingerprint density at radius 1 is 1.00 bits per heavy atom. The van der Waals surface area contributed by atoms with Crippen molar-refractivity contribution in [3.05, 3.63) is 95.3 Å². The molecule has 1 aliphatic heterocycles. The third-order valence-electron chi connectivity index (χ3n) is 4.90. The fourth-order valence-electron chi connectivity index (χ4n) is 3.40. The van der Waals surface area contributed by atoms with Gasteiger partial charge in [0.25, 0.3) is 5.91 Å². The molecule has 0 bridgehead atoms. The van der Waals surface area contributed by atoms with Gasteiger partial charge in [0.2, 0.25) is 10.0 Å². The zero-order valence-electron chi connectivity index (χ0n) is 15.5. The molecular formula is C22H19FN2O3S. The number of hydrogen-bond donors (Lipinski definition) is 1. The number of amides is 1. The molecule has 7 heteroatoms. The van der Waals surface area contributed by atoms with E-state index in [1.54, 1.807) is 17.0 Å². The molecule has 0 aromatic heterocycles. The largest absolute Gasteiger partial charge is 0.308 e.